The average molecular weight is 300 g/mol. The summed E-state index contributed by atoms with van der Waals surface area (Å²) in [4.78, 5) is 0. The standard InChI is InChI=1S/C18H20O4/c19-16-12-21-18(15-9-5-2-6-10-15)22-17(16)13-20-11-14-7-3-1-4-8-14/h1-10,16-19H,11-13H2/t16-,17+,18?/m1/s1. The van der Waals surface area contributed by atoms with Crippen molar-refractivity contribution in [3.05, 3.63) is 71.8 Å². The molecule has 1 aliphatic heterocycles. The molecule has 3 rings (SSSR count). The molecule has 0 aliphatic carbocycles. The van der Waals surface area contributed by atoms with Crippen molar-refractivity contribution in [2.24, 2.45) is 0 Å². The first-order valence-corrected chi connectivity index (χ1v) is 7.44. The molecule has 0 bridgehead atoms. The first-order valence-electron chi connectivity index (χ1n) is 7.44. The Morgan fingerprint density at radius 1 is 1.00 bits per heavy atom. The van der Waals surface area contributed by atoms with E-state index in [0.717, 1.165) is 11.1 Å². The number of ether oxygens (including phenoxy) is 3. The van der Waals surface area contributed by atoms with Gasteiger partial charge in [-0.05, 0) is 5.56 Å². The molecule has 1 N–H and O–H groups in total. The van der Waals surface area contributed by atoms with Gasteiger partial charge in [-0.25, -0.2) is 0 Å². The van der Waals surface area contributed by atoms with Crippen molar-refractivity contribution < 1.29 is 19.3 Å². The molecule has 0 amide bonds. The van der Waals surface area contributed by atoms with Gasteiger partial charge in [-0.2, -0.15) is 0 Å². The minimum Gasteiger partial charge on any atom is -0.388 e. The third-order valence-electron chi connectivity index (χ3n) is 3.61. The summed E-state index contributed by atoms with van der Waals surface area (Å²) in [5.74, 6) is 0. The number of hydrogen-bond donors (Lipinski definition) is 1. The van der Waals surface area contributed by atoms with Gasteiger partial charge >= 0.3 is 0 Å². The fourth-order valence-corrected chi connectivity index (χ4v) is 2.38. The van der Waals surface area contributed by atoms with Crippen LogP contribution in [0.25, 0.3) is 0 Å². The number of hydrogen-bond acceptors (Lipinski definition) is 4. The highest BCUT2D eigenvalue weighted by Crippen LogP contribution is 2.26. The largest absolute Gasteiger partial charge is 0.388 e. The van der Waals surface area contributed by atoms with Gasteiger partial charge in [-0.15, -0.1) is 0 Å². The topological polar surface area (TPSA) is 47.9 Å². The van der Waals surface area contributed by atoms with Crippen LogP contribution in [-0.4, -0.2) is 30.5 Å². The molecule has 1 fully saturated rings. The van der Waals surface area contributed by atoms with Crippen LogP contribution in [0, 0.1) is 0 Å². The van der Waals surface area contributed by atoms with E-state index in [4.69, 9.17) is 14.2 Å². The quantitative estimate of drug-likeness (QED) is 0.922. The second-order valence-corrected chi connectivity index (χ2v) is 5.32. The van der Waals surface area contributed by atoms with Gasteiger partial charge < -0.3 is 19.3 Å². The molecule has 22 heavy (non-hydrogen) atoms. The Morgan fingerprint density at radius 2 is 1.68 bits per heavy atom. The predicted molar refractivity (Wildman–Crippen MR) is 82.1 cm³/mol. The van der Waals surface area contributed by atoms with Crippen LogP contribution in [0.15, 0.2) is 60.7 Å². The smallest absolute Gasteiger partial charge is 0.184 e. The maximum atomic E-state index is 10.0. The number of rotatable bonds is 5. The van der Waals surface area contributed by atoms with Crippen molar-refractivity contribution in [2.75, 3.05) is 13.2 Å². The SMILES string of the molecule is O[C@@H]1COC(c2ccccc2)O[C@H]1COCc1ccccc1. The van der Waals surface area contributed by atoms with Crippen molar-refractivity contribution in [3.63, 3.8) is 0 Å². The van der Waals surface area contributed by atoms with Crippen LogP contribution in [0.1, 0.15) is 17.4 Å². The Balaban J connectivity index is 1.53. The van der Waals surface area contributed by atoms with Gasteiger partial charge in [0.25, 0.3) is 0 Å². The molecule has 2 aromatic carbocycles. The van der Waals surface area contributed by atoms with Crippen molar-refractivity contribution in [2.45, 2.75) is 25.1 Å². The molecule has 116 valence electrons. The van der Waals surface area contributed by atoms with Gasteiger partial charge in [0, 0.05) is 5.56 Å². The van der Waals surface area contributed by atoms with Crippen LogP contribution in [0.5, 0.6) is 0 Å². The van der Waals surface area contributed by atoms with Crippen LogP contribution in [0.3, 0.4) is 0 Å². The van der Waals surface area contributed by atoms with E-state index >= 15 is 0 Å². The van der Waals surface area contributed by atoms with E-state index in [1.807, 2.05) is 60.7 Å². The van der Waals surface area contributed by atoms with Crippen molar-refractivity contribution in [1.82, 2.24) is 0 Å². The molecule has 0 saturated carbocycles. The highest BCUT2D eigenvalue weighted by Gasteiger charge is 2.31. The lowest BCUT2D eigenvalue weighted by Gasteiger charge is -2.34. The first-order chi connectivity index (χ1) is 10.8. The number of aliphatic hydroxyl groups is 1. The van der Waals surface area contributed by atoms with E-state index in [1.54, 1.807) is 0 Å². The minimum absolute atomic E-state index is 0.249. The maximum Gasteiger partial charge on any atom is 0.184 e. The zero-order chi connectivity index (χ0) is 15.2. The van der Waals surface area contributed by atoms with Gasteiger partial charge in [0.2, 0.25) is 0 Å². The summed E-state index contributed by atoms with van der Waals surface area (Å²) >= 11 is 0. The van der Waals surface area contributed by atoms with E-state index in [-0.39, 0.29) is 12.7 Å². The Labute approximate surface area is 130 Å². The van der Waals surface area contributed by atoms with Crippen molar-refractivity contribution >= 4 is 0 Å². The molecule has 1 unspecified atom stereocenters. The lowest BCUT2D eigenvalue weighted by Crippen LogP contribution is -2.43. The van der Waals surface area contributed by atoms with Gasteiger partial charge in [0.15, 0.2) is 6.29 Å². The van der Waals surface area contributed by atoms with Gasteiger partial charge in [-0.3, -0.25) is 0 Å². The third-order valence-corrected chi connectivity index (χ3v) is 3.61. The Bertz CT molecular complexity index is 558. The number of benzene rings is 2. The van der Waals surface area contributed by atoms with Crippen LogP contribution >= 0.6 is 0 Å². The summed E-state index contributed by atoms with van der Waals surface area (Å²) in [5, 5.41) is 10.0. The molecule has 3 atom stereocenters. The molecule has 0 aromatic heterocycles. The van der Waals surface area contributed by atoms with Crippen LogP contribution in [0.4, 0.5) is 0 Å². The van der Waals surface area contributed by atoms with E-state index < -0.39 is 12.4 Å². The lowest BCUT2D eigenvalue weighted by atomic mass is 10.1. The van der Waals surface area contributed by atoms with E-state index in [2.05, 4.69) is 0 Å². The average Bonchev–Trinajstić information content (AvgIpc) is 2.58. The molecule has 2 aromatic rings. The molecule has 1 saturated heterocycles. The summed E-state index contributed by atoms with van der Waals surface area (Å²) in [6, 6.07) is 19.7. The fraction of sp³-hybridized carbons (Fsp3) is 0.333. The molecule has 4 nitrogen and oxygen atoms in total. The fourth-order valence-electron chi connectivity index (χ4n) is 2.38. The molecule has 0 spiro atoms. The molecular weight excluding hydrogens is 280 g/mol. The van der Waals surface area contributed by atoms with E-state index in [9.17, 15) is 5.11 Å². The second-order valence-electron chi connectivity index (χ2n) is 5.32. The molecule has 4 heteroatoms. The Hall–Kier alpha value is -1.72. The summed E-state index contributed by atoms with van der Waals surface area (Å²) in [6.07, 6.45) is -1.51. The third kappa shape index (κ3) is 3.93. The summed E-state index contributed by atoms with van der Waals surface area (Å²) in [6.45, 7) is 1.09. The van der Waals surface area contributed by atoms with Crippen molar-refractivity contribution in [3.8, 4) is 0 Å². The molecule has 1 heterocycles. The van der Waals surface area contributed by atoms with Gasteiger partial charge in [-0.1, -0.05) is 60.7 Å². The second kappa shape index (κ2) is 7.51. The lowest BCUT2D eigenvalue weighted by molar-refractivity contribution is -0.266. The normalized spacial score (nSPS) is 25.0. The molecule has 1 aliphatic rings. The Morgan fingerprint density at radius 3 is 2.41 bits per heavy atom. The zero-order valence-corrected chi connectivity index (χ0v) is 12.3. The zero-order valence-electron chi connectivity index (χ0n) is 12.3. The van der Waals surface area contributed by atoms with E-state index in [1.165, 1.54) is 0 Å². The number of aliphatic hydroxyl groups excluding tert-OH is 1. The molecular formula is C18H20O4. The van der Waals surface area contributed by atoms with Crippen LogP contribution in [0.2, 0.25) is 0 Å². The maximum absolute atomic E-state index is 10.0. The van der Waals surface area contributed by atoms with Gasteiger partial charge in [0.1, 0.15) is 12.2 Å². The first kappa shape index (κ1) is 15.2. The summed E-state index contributed by atoms with van der Waals surface area (Å²) in [7, 11) is 0. The minimum atomic E-state index is -0.671. The summed E-state index contributed by atoms with van der Waals surface area (Å²) in [5.41, 5.74) is 2.05. The van der Waals surface area contributed by atoms with Crippen molar-refractivity contribution in [1.29, 1.82) is 0 Å². The highest BCUT2D eigenvalue weighted by molar-refractivity contribution is 5.16. The Kier molecular flexibility index (Phi) is 5.19. The monoisotopic (exact) mass is 300 g/mol. The highest BCUT2D eigenvalue weighted by atomic mass is 16.7. The predicted octanol–water partition coefficient (Wildman–Crippen LogP) is 2.68. The summed E-state index contributed by atoms with van der Waals surface area (Å²) < 4.78 is 17.0. The van der Waals surface area contributed by atoms with Gasteiger partial charge in [0.05, 0.1) is 19.8 Å². The van der Waals surface area contributed by atoms with E-state index in [0.29, 0.717) is 13.2 Å². The molecule has 0 radical (unpaired) electrons. The van der Waals surface area contributed by atoms with Crippen LogP contribution < -0.4 is 0 Å². The van der Waals surface area contributed by atoms with Crippen LogP contribution in [-0.2, 0) is 20.8 Å².